The van der Waals surface area contributed by atoms with Gasteiger partial charge in [0.25, 0.3) is 5.91 Å². The fourth-order valence-corrected chi connectivity index (χ4v) is 3.53. The van der Waals surface area contributed by atoms with Crippen molar-refractivity contribution in [3.05, 3.63) is 53.2 Å². The van der Waals surface area contributed by atoms with Crippen LogP contribution >= 0.6 is 0 Å². The number of carbonyl (C=O) groups excluding carboxylic acids is 2. The number of pyridine rings is 1. The van der Waals surface area contributed by atoms with Crippen LogP contribution in [0.1, 0.15) is 41.3 Å². The van der Waals surface area contributed by atoms with Gasteiger partial charge < -0.3 is 20.3 Å². The normalized spacial score (nSPS) is 14.4. The van der Waals surface area contributed by atoms with Gasteiger partial charge in [-0.05, 0) is 69.0 Å². The molecule has 0 bridgehead atoms. The first-order valence-corrected chi connectivity index (χ1v) is 9.98. The number of nitrogens with zero attached hydrogens (tertiary/aromatic N) is 2. The third-order valence-electron chi connectivity index (χ3n) is 4.87. The molecular formula is C22H28N4O3. The maximum absolute atomic E-state index is 12.6. The molecule has 0 spiro atoms. The monoisotopic (exact) mass is 396 g/mol. The molecule has 1 aromatic heterocycles. The minimum Gasteiger partial charge on any atom is -0.450 e. The summed E-state index contributed by atoms with van der Waals surface area (Å²) >= 11 is 0. The number of anilines is 2. The average molecular weight is 396 g/mol. The minimum absolute atomic E-state index is 0.169. The van der Waals surface area contributed by atoms with Crippen molar-refractivity contribution >= 4 is 23.5 Å². The van der Waals surface area contributed by atoms with E-state index in [1.807, 2.05) is 26.0 Å². The van der Waals surface area contributed by atoms with E-state index >= 15 is 0 Å². The van der Waals surface area contributed by atoms with Crippen LogP contribution < -0.4 is 10.6 Å². The molecular weight excluding hydrogens is 368 g/mol. The Bertz CT molecular complexity index is 856. The molecule has 2 heterocycles. The fraction of sp³-hybridized carbons (Fsp3) is 0.409. The summed E-state index contributed by atoms with van der Waals surface area (Å²) in [5, 5.41) is 6.33. The number of carbonyl (C=O) groups is 2. The minimum atomic E-state index is -0.255. The summed E-state index contributed by atoms with van der Waals surface area (Å²) in [5.74, 6) is 0.491. The summed E-state index contributed by atoms with van der Waals surface area (Å²) in [4.78, 5) is 30.5. The molecule has 7 nitrogen and oxygen atoms in total. The molecule has 0 radical (unpaired) electrons. The zero-order valence-corrected chi connectivity index (χ0v) is 17.2. The van der Waals surface area contributed by atoms with Crippen molar-refractivity contribution in [2.24, 2.45) is 0 Å². The maximum Gasteiger partial charge on any atom is 0.409 e. The molecule has 0 unspecified atom stereocenters. The van der Waals surface area contributed by atoms with Crippen LogP contribution in [-0.2, 0) is 4.74 Å². The van der Waals surface area contributed by atoms with E-state index in [4.69, 9.17) is 4.74 Å². The van der Waals surface area contributed by atoms with Gasteiger partial charge in [-0.15, -0.1) is 0 Å². The predicted molar refractivity (Wildman–Crippen MR) is 113 cm³/mol. The highest BCUT2D eigenvalue weighted by molar-refractivity contribution is 6.04. The van der Waals surface area contributed by atoms with Crippen LogP contribution in [0.2, 0.25) is 0 Å². The number of rotatable bonds is 5. The molecule has 3 rings (SSSR count). The van der Waals surface area contributed by atoms with Crippen LogP contribution in [0.5, 0.6) is 0 Å². The molecule has 2 aromatic rings. The van der Waals surface area contributed by atoms with Crippen LogP contribution in [0.4, 0.5) is 16.3 Å². The van der Waals surface area contributed by atoms with Gasteiger partial charge in [-0.2, -0.15) is 0 Å². The molecule has 0 saturated carbocycles. The topological polar surface area (TPSA) is 83.6 Å². The van der Waals surface area contributed by atoms with E-state index in [1.165, 1.54) is 0 Å². The molecule has 2 amide bonds. The van der Waals surface area contributed by atoms with E-state index < -0.39 is 0 Å². The zero-order chi connectivity index (χ0) is 20.8. The Morgan fingerprint density at radius 2 is 1.83 bits per heavy atom. The van der Waals surface area contributed by atoms with Crippen LogP contribution in [0.15, 0.2) is 36.5 Å². The summed E-state index contributed by atoms with van der Waals surface area (Å²) in [6, 6.07) is 9.62. The average Bonchev–Trinajstić information content (AvgIpc) is 2.68. The number of ether oxygens (including phenoxy) is 1. The Labute approximate surface area is 171 Å². The van der Waals surface area contributed by atoms with Gasteiger partial charge in [0.05, 0.1) is 6.61 Å². The van der Waals surface area contributed by atoms with Gasteiger partial charge in [0, 0.05) is 36.6 Å². The number of aromatic nitrogens is 1. The maximum atomic E-state index is 12.6. The predicted octanol–water partition coefficient (Wildman–Crippen LogP) is 3.98. The summed E-state index contributed by atoms with van der Waals surface area (Å²) in [5.41, 5.74) is 3.54. The highest BCUT2D eigenvalue weighted by atomic mass is 16.6. The Morgan fingerprint density at radius 1 is 1.14 bits per heavy atom. The first-order chi connectivity index (χ1) is 13.9. The molecule has 0 atom stereocenters. The van der Waals surface area contributed by atoms with Gasteiger partial charge in [0.1, 0.15) is 5.82 Å². The first kappa shape index (κ1) is 20.6. The third-order valence-corrected chi connectivity index (χ3v) is 4.87. The van der Waals surface area contributed by atoms with Gasteiger partial charge in [0.2, 0.25) is 0 Å². The lowest BCUT2D eigenvalue weighted by atomic mass is 10.1. The van der Waals surface area contributed by atoms with Crippen LogP contribution in [-0.4, -0.2) is 47.6 Å². The number of hydrogen-bond acceptors (Lipinski definition) is 5. The van der Waals surface area contributed by atoms with Crippen molar-refractivity contribution in [3.63, 3.8) is 0 Å². The summed E-state index contributed by atoms with van der Waals surface area (Å²) < 4.78 is 5.05. The lowest BCUT2D eigenvalue weighted by molar-refractivity contribution is 0.0981. The molecule has 1 aliphatic heterocycles. The molecule has 7 heteroatoms. The van der Waals surface area contributed by atoms with Crippen molar-refractivity contribution in [2.45, 2.75) is 39.7 Å². The smallest absolute Gasteiger partial charge is 0.409 e. The van der Waals surface area contributed by atoms with Crippen molar-refractivity contribution in [1.29, 1.82) is 0 Å². The van der Waals surface area contributed by atoms with Crippen LogP contribution in [0.3, 0.4) is 0 Å². The van der Waals surface area contributed by atoms with Crippen LogP contribution in [0.25, 0.3) is 0 Å². The second kappa shape index (κ2) is 9.41. The SMILES string of the molecule is CCOC(=O)N1CCC(Nc2cc(C(=O)Nc3cc(C)cc(C)c3)ccn2)CC1. The van der Waals surface area contributed by atoms with Gasteiger partial charge in [-0.25, -0.2) is 9.78 Å². The molecule has 154 valence electrons. The van der Waals surface area contributed by atoms with Crippen LogP contribution in [0, 0.1) is 13.8 Å². The van der Waals surface area contributed by atoms with Gasteiger partial charge in [-0.1, -0.05) is 6.07 Å². The highest BCUT2D eigenvalue weighted by Gasteiger charge is 2.23. The molecule has 2 N–H and O–H groups in total. The van der Waals surface area contributed by atoms with E-state index in [0.29, 0.717) is 31.1 Å². The first-order valence-electron chi connectivity index (χ1n) is 9.98. The second-order valence-electron chi connectivity index (χ2n) is 7.36. The quantitative estimate of drug-likeness (QED) is 0.799. The fourth-order valence-electron chi connectivity index (χ4n) is 3.53. The highest BCUT2D eigenvalue weighted by Crippen LogP contribution is 2.18. The van der Waals surface area contributed by atoms with E-state index in [-0.39, 0.29) is 18.0 Å². The number of likely N-dealkylation sites (tertiary alicyclic amines) is 1. The third kappa shape index (κ3) is 5.70. The standard InChI is InChI=1S/C22H28N4O3/c1-4-29-22(28)26-9-6-18(7-10-26)24-20-14-17(5-8-23-20)21(27)25-19-12-15(2)11-16(3)13-19/h5,8,11-14,18H,4,6-7,9-10H2,1-3H3,(H,23,24)(H,25,27). The van der Waals surface area contributed by atoms with Gasteiger partial charge >= 0.3 is 6.09 Å². The Hall–Kier alpha value is -3.09. The summed E-state index contributed by atoms with van der Waals surface area (Å²) in [6.07, 6.45) is 2.99. The van der Waals surface area contributed by atoms with E-state index in [1.54, 1.807) is 30.2 Å². The van der Waals surface area contributed by atoms with E-state index in [2.05, 4.69) is 21.7 Å². The number of piperidine rings is 1. The Morgan fingerprint density at radius 3 is 2.48 bits per heavy atom. The van der Waals surface area contributed by atoms with Crippen molar-refractivity contribution in [2.75, 3.05) is 30.3 Å². The number of nitrogens with one attached hydrogen (secondary N) is 2. The Balaban J connectivity index is 1.58. The number of aryl methyl sites for hydroxylation is 2. The molecule has 1 aromatic carbocycles. The molecule has 1 saturated heterocycles. The molecule has 1 fully saturated rings. The lowest BCUT2D eigenvalue weighted by Gasteiger charge is -2.31. The molecule has 1 aliphatic rings. The van der Waals surface area contributed by atoms with Gasteiger partial charge in [0.15, 0.2) is 0 Å². The van der Waals surface area contributed by atoms with E-state index in [0.717, 1.165) is 29.7 Å². The zero-order valence-electron chi connectivity index (χ0n) is 17.2. The number of benzene rings is 1. The second-order valence-corrected chi connectivity index (χ2v) is 7.36. The summed E-state index contributed by atoms with van der Waals surface area (Å²) in [6.45, 7) is 7.49. The summed E-state index contributed by atoms with van der Waals surface area (Å²) in [7, 11) is 0. The van der Waals surface area contributed by atoms with Crippen molar-refractivity contribution in [1.82, 2.24) is 9.88 Å². The van der Waals surface area contributed by atoms with E-state index in [9.17, 15) is 9.59 Å². The van der Waals surface area contributed by atoms with Crippen molar-refractivity contribution < 1.29 is 14.3 Å². The number of hydrogen-bond donors (Lipinski definition) is 2. The lowest BCUT2D eigenvalue weighted by Crippen LogP contribution is -2.42. The largest absolute Gasteiger partial charge is 0.450 e. The van der Waals surface area contributed by atoms with Crippen molar-refractivity contribution in [3.8, 4) is 0 Å². The van der Waals surface area contributed by atoms with Gasteiger partial charge in [-0.3, -0.25) is 4.79 Å². The Kier molecular flexibility index (Phi) is 6.69. The number of amides is 2. The molecule has 29 heavy (non-hydrogen) atoms. The molecule has 0 aliphatic carbocycles.